The molecule has 22 heavy (non-hydrogen) atoms. The number of nitrogens with zero attached hydrogens (tertiary/aromatic N) is 2. The average molecular weight is 316 g/mol. The summed E-state index contributed by atoms with van der Waals surface area (Å²) >= 11 is 0. The Morgan fingerprint density at radius 1 is 0.955 bits per heavy atom. The monoisotopic (exact) mass is 316 g/mol. The summed E-state index contributed by atoms with van der Waals surface area (Å²) in [6.07, 6.45) is -8.46. The second-order valence-corrected chi connectivity index (χ2v) is 4.40. The lowest BCUT2D eigenvalue weighted by Gasteiger charge is -2.32. The molecule has 0 saturated heterocycles. The normalized spacial score (nSPS) is 18.0. The number of nitrogens with two attached hydrogens (primary N) is 2. The van der Waals surface area contributed by atoms with Crippen molar-refractivity contribution in [3.05, 3.63) is 24.4 Å². The molecule has 0 saturated carbocycles. The third kappa shape index (κ3) is 2.03. The van der Waals surface area contributed by atoms with Crippen molar-refractivity contribution in [1.82, 2.24) is 9.97 Å². The fraction of sp³-hybridized carbons (Fsp3) is 0.167. The molecule has 0 aliphatic carbocycles. The average Bonchev–Trinajstić information content (AvgIpc) is 2.39. The van der Waals surface area contributed by atoms with Crippen LogP contribution in [0.15, 0.2) is 24.4 Å². The van der Waals surface area contributed by atoms with Crippen LogP contribution in [-0.4, -0.2) is 22.2 Å². The molecule has 0 radical (unpaired) electrons. The highest BCUT2D eigenvalue weighted by molar-refractivity contribution is 5.80. The predicted molar refractivity (Wildman–Crippen MR) is 67.4 cm³/mol. The first-order valence-corrected chi connectivity index (χ1v) is 5.86. The maximum absolute atomic E-state index is 13.3. The quantitative estimate of drug-likeness (QED) is 0.783. The van der Waals surface area contributed by atoms with E-state index >= 15 is 0 Å². The van der Waals surface area contributed by atoms with Crippen molar-refractivity contribution in [2.24, 2.45) is 0 Å². The molecule has 0 amide bonds. The molecule has 1 aromatic heterocycles. The van der Waals surface area contributed by atoms with Crippen molar-refractivity contribution in [2.45, 2.75) is 12.2 Å². The van der Waals surface area contributed by atoms with Gasteiger partial charge in [-0.3, -0.25) is 0 Å². The van der Waals surface area contributed by atoms with Crippen LogP contribution in [0, 0.1) is 0 Å². The second-order valence-electron chi connectivity index (χ2n) is 4.40. The van der Waals surface area contributed by atoms with Crippen molar-refractivity contribution >= 4 is 11.8 Å². The Hall–Kier alpha value is -2.78. The summed E-state index contributed by atoms with van der Waals surface area (Å²) in [4.78, 5) is 7.36. The predicted octanol–water partition coefficient (Wildman–Crippen LogP) is 2.26. The minimum atomic E-state index is -4.83. The maximum atomic E-state index is 13.3. The molecule has 6 nitrogen and oxygen atoms in total. The molecule has 1 aliphatic heterocycles. The second kappa shape index (κ2) is 4.36. The Kier molecular flexibility index (Phi) is 2.81. The zero-order valence-electron chi connectivity index (χ0n) is 10.7. The molecule has 0 spiro atoms. The molecule has 0 bridgehead atoms. The van der Waals surface area contributed by atoms with Crippen molar-refractivity contribution < 1.29 is 27.0 Å². The first-order chi connectivity index (χ1) is 10.2. The van der Waals surface area contributed by atoms with E-state index in [9.17, 15) is 17.6 Å². The molecular weight excluding hydrogens is 308 g/mol. The summed E-state index contributed by atoms with van der Waals surface area (Å²) in [6.45, 7) is 0. The van der Waals surface area contributed by atoms with Crippen LogP contribution < -0.4 is 20.9 Å². The highest BCUT2D eigenvalue weighted by atomic mass is 19.3. The number of alkyl halides is 4. The van der Waals surface area contributed by atoms with Gasteiger partial charge in [-0.15, -0.1) is 0 Å². The lowest BCUT2D eigenvalue weighted by molar-refractivity contribution is -0.391. The van der Waals surface area contributed by atoms with Gasteiger partial charge in [0.15, 0.2) is 11.5 Å². The van der Waals surface area contributed by atoms with Crippen molar-refractivity contribution in [1.29, 1.82) is 0 Å². The van der Waals surface area contributed by atoms with Gasteiger partial charge >= 0.3 is 12.2 Å². The first-order valence-electron chi connectivity index (χ1n) is 5.86. The number of nitrogen functional groups attached to an aromatic ring is 2. The lowest BCUT2D eigenvalue weighted by atomic mass is 10.1. The SMILES string of the molecule is Nc1ncc(-c2cccc3c2OC(F)(F)C(F)(F)O3)c(N)n1. The van der Waals surface area contributed by atoms with Gasteiger partial charge in [-0.1, -0.05) is 12.1 Å². The van der Waals surface area contributed by atoms with Crippen molar-refractivity contribution in [3.8, 4) is 22.6 Å². The Bertz CT molecular complexity index is 754. The van der Waals surface area contributed by atoms with E-state index in [-0.39, 0.29) is 22.9 Å². The van der Waals surface area contributed by atoms with E-state index in [1.165, 1.54) is 18.3 Å². The zero-order valence-corrected chi connectivity index (χ0v) is 10.7. The highest BCUT2D eigenvalue weighted by Gasteiger charge is 2.66. The molecule has 2 heterocycles. The molecule has 3 rings (SSSR count). The summed E-state index contributed by atoms with van der Waals surface area (Å²) in [6, 6.07) is 3.70. The van der Waals surface area contributed by atoms with Crippen LogP contribution in [0.1, 0.15) is 0 Å². The van der Waals surface area contributed by atoms with E-state index < -0.39 is 23.7 Å². The van der Waals surface area contributed by atoms with E-state index in [0.29, 0.717) is 0 Å². The minimum Gasteiger partial charge on any atom is -0.421 e. The van der Waals surface area contributed by atoms with Crippen LogP contribution in [-0.2, 0) is 0 Å². The van der Waals surface area contributed by atoms with Crippen molar-refractivity contribution in [2.75, 3.05) is 11.5 Å². The Morgan fingerprint density at radius 2 is 1.64 bits per heavy atom. The third-order valence-corrected chi connectivity index (χ3v) is 2.91. The summed E-state index contributed by atoms with van der Waals surface area (Å²) in [5.74, 6) is -1.38. The number of halogens is 4. The number of fused-ring (bicyclic) bond motifs is 1. The van der Waals surface area contributed by atoms with Crippen LogP contribution in [0.3, 0.4) is 0 Å². The summed E-state index contributed by atoms with van der Waals surface area (Å²) in [7, 11) is 0. The molecule has 10 heteroatoms. The van der Waals surface area contributed by atoms with Gasteiger partial charge in [0, 0.05) is 17.3 Å². The van der Waals surface area contributed by atoms with Crippen LogP contribution in [0.4, 0.5) is 29.3 Å². The number of aromatic nitrogens is 2. The van der Waals surface area contributed by atoms with Gasteiger partial charge in [0.1, 0.15) is 5.82 Å². The molecule has 2 aromatic rings. The topological polar surface area (TPSA) is 96.3 Å². The molecule has 0 atom stereocenters. The number of para-hydroxylation sites is 1. The number of rotatable bonds is 1. The number of anilines is 2. The van der Waals surface area contributed by atoms with Gasteiger partial charge in [-0.25, -0.2) is 4.98 Å². The number of hydrogen-bond donors (Lipinski definition) is 2. The molecule has 116 valence electrons. The highest BCUT2D eigenvalue weighted by Crippen LogP contribution is 2.50. The molecular formula is C12H8F4N4O2. The van der Waals surface area contributed by atoms with Crippen LogP contribution in [0.25, 0.3) is 11.1 Å². The maximum Gasteiger partial charge on any atom is 0.507 e. The molecule has 1 aromatic carbocycles. The fourth-order valence-electron chi connectivity index (χ4n) is 1.92. The summed E-state index contributed by atoms with van der Waals surface area (Å²) < 4.78 is 61.2. The molecule has 0 fully saturated rings. The summed E-state index contributed by atoms with van der Waals surface area (Å²) in [5.41, 5.74) is 11.1. The Balaban J connectivity index is 2.17. The molecule has 4 N–H and O–H groups in total. The Morgan fingerprint density at radius 3 is 2.32 bits per heavy atom. The first kappa shape index (κ1) is 14.2. The smallest absolute Gasteiger partial charge is 0.421 e. The van der Waals surface area contributed by atoms with Gasteiger partial charge in [0.25, 0.3) is 0 Å². The number of hydrogen-bond acceptors (Lipinski definition) is 6. The van der Waals surface area contributed by atoms with E-state index in [0.717, 1.165) is 6.07 Å². The summed E-state index contributed by atoms with van der Waals surface area (Å²) in [5, 5.41) is 0. The largest absolute Gasteiger partial charge is 0.507 e. The van der Waals surface area contributed by atoms with Gasteiger partial charge in [-0.2, -0.15) is 22.5 Å². The zero-order chi connectivity index (χ0) is 16.1. The van der Waals surface area contributed by atoms with Crippen LogP contribution >= 0.6 is 0 Å². The van der Waals surface area contributed by atoms with E-state index in [4.69, 9.17) is 11.5 Å². The van der Waals surface area contributed by atoms with Gasteiger partial charge in [-0.05, 0) is 6.07 Å². The van der Waals surface area contributed by atoms with E-state index in [2.05, 4.69) is 19.4 Å². The molecule has 1 aliphatic rings. The van der Waals surface area contributed by atoms with Crippen LogP contribution in [0.2, 0.25) is 0 Å². The fourth-order valence-corrected chi connectivity index (χ4v) is 1.92. The van der Waals surface area contributed by atoms with Gasteiger partial charge < -0.3 is 20.9 Å². The minimum absolute atomic E-state index is 0.0230. The number of ether oxygens (including phenoxy) is 2. The van der Waals surface area contributed by atoms with E-state index in [1.54, 1.807) is 0 Å². The van der Waals surface area contributed by atoms with Gasteiger partial charge in [0.05, 0.1) is 0 Å². The number of benzene rings is 1. The van der Waals surface area contributed by atoms with Gasteiger partial charge in [0.2, 0.25) is 5.95 Å². The Labute approximate surface area is 120 Å². The third-order valence-electron chi connectivity index (χ3n) is 2.91. The molecule has 0 unspecified atom stereocenters. The lowest BCUT2D eigenvalue weighted by Crippen LogP contribution is -2.52. The van der Waals surface area contributed by atoms with E-state index in [1.807, 2.05) is 0 Å². The van der Waals surface area contributed by atoms with Crippen molar-refractivity contribution in [3.63, 3.8) is 0 Å². The van der Waals surface area contributed by atoms with Crippen LogP contribution in [0.5, 0.6) is 11.5 Å². The standard InChI is InChI=1S/C12H8F4N4O2/c13-11(14)12(15,16)22-8-5(2-1-3-7(8)21-11)6-4-19-10(18)20-9(6)17/h1-4H,(H4,17,18,19,20).